The molecule has 0 unspecified atom stereocenters. The van der Waals surface area contributed by atoms with Crippen molar-refractivity contribution in [2.24, 2.45) is 0 Å². The molecule has 29 heavy (non-hydrogen) atoms. The van der Waals surface area contributed by atoms with Gasteiger partial charge < -0.3 is 9.33 Å². The molecule has 0 aromatic heterocycles. The number of fused-ring (bicyclic) bond motifs is 1. The Bertz CT molecular complexity index is 943. The molecule has 0 amide bonds. The Kier molecular flexibility index (Phi) is 5.21. The van der Waals surface area contributed by atoms with E-state index in [0.29, 0.717) is 5.70 Å². The van der Waals surface area contributed by atoms with E-state index in [2.05, 4.69) is 45.0 Å². The maximum absolute atomic E-state index is 13.6. The molecule has 1 atom stereocenters. The summed E-state index contributed by atoms with van der Waals surface area (Å²) < 4.78 is 6.66. The van der Waals surface area contributed by atoms with E-state index in [4.69, 9.17) is 16.6 Å². The Morgan fingerprint density at radius 1 is 1.07 bits per heavy atom. The topological polar surface area (TPSA) is 29.5 Å². The highest BCUT2D eigenvalue weighted by atomic mass is 32.2. The number of thioether (sulfide) groups is 1. The monoisotopic (exact) mass is 439 g/mol. The second-order valence-electron chi connectivity index (χ2n) is 8.50. The van der Waals surface area contributed by atoms with Crippen LogP contribution >= 0.6 is 24.0 Å². The van der Waals surface area contributed by atoms with Gasteiger partial charge in [0.25, 0.3) is 0 Å². The molecule has 0 radical (unpaired) electrons. The molecule has 2 aromatic carbocycles. The van der Waals surface area contributed by atoms with Crippen molar-refractivity contribution < 1.29 is 9.22 Å². The number of nitrogens with zero attached hydrogens (tertiary/aromatic N) is 1. The van der Waals surface area contributed by atoms with E-state index in [-0.39, 0.29) is 16.4 Å². The molecule has 0 N–H and O–H groups in total. The maximum Gasteiger partial charge on any atom is 0.343 e. The number of carbonyl (C=O) groups is 1. The first-order valence-electron chi connectivity index (χ1n) is 9.79. The highest BCUT2D eigenvalue weighted by Crippen LogP contribution is 2.47. The van der Waals surface area contributed by atoms with Crippen LogP contribution in [0.1, 0.15) is 34.1 Å². The van der Waals surface area contributed by atoms with Crippen molar-refractivity contribution in [3.63, 3.8) is 0 Å². The third kappa shape index (κ3) is 3.27. The maximum atomic E-state index is 13.6. The average molecular weight is 440 g/mol. The van der Waals surface area contributed by atoms with Crippen molar-refractivity contribution in [3.8, 4) is 0 Å². The van der Waals surface area contributed by atoms with E-state index >= 15 is 0 Å². The first-order chi connectivity index (χ1) is 13.8. The van der Waals surface area contributed by atoms with E-state index in [9.17, 15) is 4.79 Å². The van der Waals surface area contributed by atoms with Gasteiger partial charge in [-0.25, -0.2) is 4.79 Å². The Morgan fingerprint density at radius 3 is 2.03 bits per heavy atom. The quantitative estimate of drug-likeness (QED) is 0.519. The number of rotatable bonds is 4. The first kappa shape index (κ1) is 20.4. The van der Waals surface area contributed by atoms with Crippen molar-refractivity contribution in [1.82, 2.24) is 4.90 Å². The molecule has 1 fully saturated rings. The van der Waals surface area contributed by atoms with Crippen LogP contribution in [-0.4, -0.2) is 29.5 Å². The predicted molar refractivity (Wildman–Crippen MR) is 127 cm³/mol. The van der Waals surface area contributed by atoms with Crippen LogP contribution in [0.5, 0.6) is 0 Å². The van der Waals surface area contributed by atoms with Crippen LogP contribution in [0, 0.1) is 0 Å². The number of benzene rings is 2. The molecular formula is C23H25NO2S2Si. The largest absolute Gasteiger partial charge is 0.505 e. The molecule has 3 nitrogen and oxygen atoms in total. The van der Waals surface area contributed by atoms with Crippen LogP contribution in [0.25, 0.3) is 0 Å². The van der Waals surface area contributed by atoms with E-state index < -0.39 is 8.32 Å². The van der Waals surface area contributed by atoms with Crippen molar-refractivity contribution in [2.45, 2.75) is 44.5 Å². The Labute approximate surface area is 183 Å². The molecular weight excluding hydrogens is 414 g/mol. The van der Waals surface area contributed by atoms with Gasteiger partial charge in [0.1, 0.15) is 5.70 Å². The fraction of sp³-hybridized carbons (Fsp3) is 0.304. The minimum atomic E-state index is -2.92. The number of carbonyl (C=O) groups excluding carboxylic acids is 1. The molecule has 150 valence electrons. The summed E-state index contributed by atoms with van der Waals surface area (Å²) in [4.78, 5) is 17.4. The number of thiocarbonyl (C=S) groups is 1. The lowest BCUT2D eigenvalue weighted by Crippen LogP contribution is -2.67. The van der Waals surface area contributed by atoms with Gasteiger partial charge in [0, 0.05) is 11.3 Å². The van der Waals surface area contributed by atoms with Crippen molar-refractivity contribution >= 4 is 53.6 Å². The zero-order valence-corrected chi connectivity index (χ0v) is 19.8. The number of hydrogen-bond donors (Lipinski definition) is 0. The minimum absolute atomic E-state index is 0.250. The second kappa shape index (κ2) is 7.42. The van der Waals surface area contributed by atoms with Gasteiger partial charge in [0.05, 0.1) is 10.4 Å². The molecule has 0 saturated carbocycles. The van der Waals surface area contributed by atoms with E-state index in [1.165, 1.54) is 0 Å². The molecule has 0 bridgehead atoms. The van der Waals surface area contributed by atoms with Gasteiger partial charge in [-0.2, -0.15) is 0 Å². The van der Waals surface area contributed by atoms with Gasteiger partial charge in [-0.1, -0.05) is 93.7 Å². The third-order valence-electron chi connectivity index (χ3n) is 5.65. The first-order valence-corrected chi connectivity index (χ1v) is 13.0. The van der Waals surface area contributed by atoms with E-state index in [1.807, 2.05) is 48.2 Å². The van der Waals surface area contributed by atoms with Crippen LogP contribution in [0.4, 0.5) is 0 Å². The lowest BCUT2D eigenvalue weighted by molar-refractivity contribution is -0.132. The standard InChI is InChI=1S/C23H25NO2S2Si/c1-16-21(24-19(27)15-20(24)28-16)22(25)26-29(23(2,3)4,17-11-7-5-8-12-17)18-13-9-6-10-14-18/h5-14,20H,15H2,1-4H3/t20-/m0/s1. The van der Waals surface area contributed by atoms with Crippen molar-refractivity contribution in [2.75, 3.05) is 0 Å². The summed E-state index contributed by atoms with van der Waals surface area (Å²) in [5.74, 6) is -0.256. The zero-order chi connectivity index (χ0) is 20.8. The third-order valence-corrected chi connectivity index (χ3v) is 12.1. The number of hydrogen-bond acceptors (Lipinski definition) is 4. The van der Waals surface area contributed by atoms with Crippen LogP contribution in [0.2, 0.25) is 5.04 Å². The molecule has 2 heterocycles. The molecule has 2 aromatic rings. The van der Waals surface area contributed by atoms with Crippen molar-refractivity contribution in [3.05, 3.63) is 71.3 Å². The van der Waals surface area contributed by atoms with E-state index in [1.54, 1.807) is 11.8 Å². The Morgan fingerprint density at radius 2 is 1.59 bits per heavy atom. The lowest BCUT2D eigenvalue weighted by atomic mass is 10.2. The lowest BCUT2D eigenvalue weighted by Gasteiger charge is -2.43. The minimum Gasteiger partial charge on any atom is -0.505 e. The zero-order valence-electron chi connectivity index (χ0n) is 17.1. The molecule has 0 spiro atoms. The molecule has 1 saturated heterocycles. The summed E-state index contributed by atoms with van der Waals surface area (Å²) in [5, 5.41) is 2.20. The highest BCUT2D eigenvalue weighted by Gasteiger charge is 2.55. The van der Waals surface area contributed by atoms with E-state index in [0.717, 1.165) is 26.7 Å². The van der Waals surface area contributed by atoms with Gasteiger partial charge in [-0.05, 0) is 22.3 Å². The Balaban J connectivity index is 1.84. The summed E-state index contributed by atoms with van der Waals surface area (Å²) >= 11 is 7.17. The summed E-state index contributed by atoms with van der Waals surface area (Å²) in [6.07, 6.45) is 0.854. The normalized spacial score (nSPS) is 19.1. The molecule has 2 aliphatic heterocycles. The number of allylic oxidation sites excluding steroid dienone is 1. The van der Waals surface area contributed by atoms with Crippen LogP contribution in [0.15, 0.2) is 71.3 Å². The smallest absolute Gasteiger partial charge is 0.343 e. The fourth-order valence-corrected chi connectivity index (χ4v) is 10.4. The van der Waals surface area contributed by atoms with Crippen LogP contribution in [-0.2, 0) is 9.22 Å². The van der Waals surface area contributed by atoms with Crippen LogP contribution in [0.3, 0.4) is 0 Å². The SMILES string of the molecule is CC1=C(C(=O)O[Si](c2ccccc2)(c2ccccc2)C(C)(C)C)N2C(=S)C[C@@H]2S1. The van der Waals surface area contributed by atoms with Crippen LogP contribution < -0.4 is 10.4 Å². The Hall–Kier alpha value is -1.89. The summed E-state index contributed by atoms with van der Waals surface area (Å²) in [6.45, 7) is 8.52. The van der Waals surface area contributed by atoms with Gasteiger partial charge in [0.15, 0.2) is 0 Å². The van der Waals surface area contributed by atoms with Gasteiger partial charge in [0.2, 0.25) is 0 Å². The molecule has 0 aliphatic carbocycles. The summed E-state index contributed by atoms with van der Waals surface area (Å²) in [7, 11) is -2.92. The fourth-order valence-electron chi connectivity index (χ4n) is 4.26. The van der Waals surface area contributed by atoms with Gasteiger partial charge >= 0.3 is 14.3 Å². The van der Waals surface area contributed by atoms with Gasteiger partial charge in [-0.3, -0.25) is 0 Å². The molecule has 2 aliphatic rings. The van der Waals surface area contributed by atoms with Crippen molar-refractivity contribution in [1.29, 1.82) is 0 Å². The predicted octanol–water partition coefficient (Wildman–Crippen LogP) is 4.43. The molecule has 6 heteroatoms. The second-order valence-corrected chi connectivity index (χ2v) is 14.6. The molecule has 4 rings (SSSR count). The van der Waals surface area contributed by atoms with Gasteiger partial charge in [-0.15, -0.1) is 11.8 Å². The highest BCUT2D eigenvalue weighted by molar-refractivity contribution is 8.04. The summed E-state index contributed by atoms with van der Waals surface area (Å²) in [6, 6.07) is 20.5. The average Bonchev–Trinajstić information content (AvgIpc) is 2.96. The summed E-state index contributed by atoms with van der Waals surface area (Å²) in [5.41, 5.74) is 0.629.